The van der Waals surface area contributed by atoms with Gasteiger partial charge in [-0.15, -0.1) is 0 Å². The first-order chi connectivity index (χ1) is 12.9. The number of carbonyl (C=O) groups is 2. The second-order valence-corrected chi connectivity index (χ2v) is 6.93. The minimum atomic E-state index is -0.610. The fourth-order valence-corrected chi connectivity index (χ4v) is 3.28. The van der Waals surface area contributed by atoms with Crippen molar-refractivity contribution in [1.82, 2.24) is 4.90 Å². The van der Waals surface area contributed by atoms with Crippen LogP contribution < -0.4 is 4.74 Å². The van der Waals surface area contributed by atoms with Crippen molar-refractivity contribution >= 4 is 11.7 Å². The molecule has 1 amide bonds. The molecule has 1 heterocycles. The van der Waals surface area contributed by atoms with Crippen LogP contribution in [0.2, 0.25) is 0 Å². The van der Waals surface area contributed by atoms with Gasteiger partial charge in [0.15, 0.2) is 17.3 Å². The lowest BCUT2D eigenvalue weighted by atomic mass is 10.0. The summed E-state index contributed by atoms with van der Waals surface area (Å²) in [5.41, 5.74) is 0.446. The van der Waals surface area contributed by atoms with Crippen LogP contribution in [0.4, 0.5) is 4.39 Å². The number of hydrogen-bond acceptors (Lipinski definition) is 4. The minimum absolute atomic E-state index is 0.109. The third-order valence-corrected chi connectivity index (χ3v) is 4.95. The molecule has 0 fully saturated rings. The number of rotatable bonds is 10. The van der Waals surface area contributed by atoms with Crippen LogP contribution in [0.25, 0.3) is 0 Å². The van der Waals surface area contributed by atoms with Gasteiger partial charge < -0.3 is 14.7 Å². The molecule has 148 valence electrons. The molecule has 0 aromatic heterocycles. The Morgan fingerprint density at radius 2 is 1.96 bits per heavy atom. The van der Waals surface area contributed by atoms with Crippen molar-refractivity contribution in [2.75, 3.05) is 7.11 Å². The van der Waals surface area contributed by atoms with Crippen molar-refractivity contribution in [3.05, 3.63) is 40.9 Å². The highest BCUT2D eigenvalue weighted by molar-refractivity contribution is 6.21. The van der Waals surface area contributed by atoms with Gasteiger partial charge in [0.25, 0.3) is 5.91 Å². The van der Waals surface area contributed by atoms with Gasteiger partial charge in [0, 0.05) is 13.0 Å². The SMILES string of the molecule is CCCCCCCC(=O)C1=C(O)C(C)N(Cc2ccc(OC)c(F)c2)C1=O. The van der Waals surface area contributed by atoms with E-state index in [1.54, 1.807) is 13.0 Å². The normalized spacial score (nSPS) is 17.0. The molecule has 0 spiro atoms. The first-order valence-electron chi connectivity index (χ1n) is 9.50. The lowest BCUT2D eigenvalue weighted by molar-refractivity contribution is -0.129. The molecule has 0 radical (unpaired) electrons. The van der Waals surface area contributed by atoms with E-state index < -0.39 is 17.8 Å². The number of aliphatic hydroxyl groups is 1. The van der Waals surface area contributed by atoms with Crippen LogP contribution in [0.5, 0.6) is 5.75 Å². The first kappa shape index (κ1) is 20.9. The van der Waals surface area contributed by atoms with E-state index in [0.29, 0.717) is 12.0 Å². The quantitative estimate of drug-likeness (QED) is 0.487. The predicted molar refractivity (Wildman–Crippen MR) is 101 cm³/mol. The molecular weight excluding hydrogens is 349 g/mol. The molecule has 1 aromatic rings. The lowest BCUT2D eigenvalue weighted by Crippen LogP contribution is -2.33. The fourth-order valence-electron chi connectivity index (χ4n) is 3.28. The topological polar surface area (TPSA) is 66.8 Å². The zero-order valence-electron chi connectivity index (χ0n) is 16.3. The number of halogens is 1. The molecule has 1 unspecified atom stereocenters. The predicted octanol–water partition coefficient (Wildman–Crippen LogP) is 4.31. The van der Waals surface area contributed by atoms with Gasteiger partial charge in [-0.1, -0.05) is 38.7 Å². The van der Waals surface area contributed by atoms with E-state index in [0.717, 1.165) is 25.7 Å². The van der Waals surface area contributed by atoms with Gasteiger partial charge in [-0.05, 0) is 31.0 Å². The number of carbonyl (C=O) groups excluding carboxylic acids is 2. The van der Waals surface area contributed by atoms with E-state index in [4.69, 9.17) is 4.74 Å². The molecule has 1 aromatic carbocycles. The van der Waals surface area contributed by atoms with Crippen molar-refractivity contribution in [3.8, 4) is 5.75 Å². The van der Waals surface area contributed by atoms with Gasteiger partial charge in [-0.3, -0.25) is 9.59 Å². The number of amides is 1. The van der Waals surface area contributed by atoms with Crippen molar-refractivity contribution in [3.63, 3.8) is 0 Å². The number of hydrogen-bond donors (Lipinski definition) is 1. The minimum Gasteiger partial charge on any atom is -0.509 e. The van der Waals surface area contributed by atoms with E-state index in [-0.39, 0.29) is 35.8 Å². The van der Waals surface area contributed by atoms with Crippen LogP contribution in [-0.4, -0.2) is 34.8 Å². The average molecular weight is 377 g/mol. The van der Waals surface area contributed by atoms with Gasteiger partial charge >= 0.3 is 0 Å². The van der Waals surface area contributed by atoms with E-state index in [1.165, 1.54) is 24.1 Å². The van der Waals surface area contributed by atoms with Crippen LogP contribution in [0.1, 0.15) is 57.9 Å². The number of methoxy groups -OCH3 is 1. The summed E-state index contributed by atoms with van der Waals surface area (Å²) < 4.78 is 18.8. The summed E-state index contributed by atoms with van der Waals surface area (Å²) >= 11 is 0. The summed E-state index contributed by atoms with van der Waals surface area (Å²) in [6.45, 7) is 3.89. The largest absolute Gasteiger partial charge is 0.509 e. The molecule has 1 atom stereocenters. The van der Waals surface area contributed by atoms with Gasteiger partial charge in [0.05, 0.1) is 13.2 Å². The van der Waals surface area contributed by atoms with Crippen LogP contribution in [-0.2, 0) is 16.1 Å². The summed E-state index contributed by atoms with van der Waals surface area (Å²) in [7, 11) is 1.38. The summed E-state index contributed by atoms with van der Waals surface area (Å²) in [6, 6.07) is 3.84. The number of nitrogens with zero attached hydrogens (tertiary/aromatic N) is 1. The maximum Gasteiger partial charge on any atom is 0.261 e. The molecule has 5 nitrogen and oxygen atoms in total. The van der Waals surface area contributed by atoms with Crippen molar-refractivity contribution in [2.45, 2.75) is 65.0 Å². The average Bonchev–Trinajstić information content (AvgIpc) is 2.85. The molecule has 6 heteroatoms. The van der Waals surface area contributed by atoms with Crippen molar-refractivity contribution < 1.29 is 23.8 Å². The van der Waals surface area contributed by atoms with Crippen LogP contribution in [0.15, 0.2) is 29.5 Å². The van der Waals surface area contributed by atoms with Crippen LogP contribution in [0, 0.1) is 5.82 Å². The number of ether oxygens (including phenoxy) is 1. The number of benzene rings is 1. The molecular formula is C21H28FNO4. The van der Waals surface area contributed by atoms with E-state index in [9.17, 15) is 19.1 Å². The van der Waals surface area contributed by atoms with Gasteiger partial charge in [0.2, 0.25) is 0 Å². The Balaban J connectivity index is 2.03. The third kappa shape index (κ3) is 4.87. The molecule has 27 heavy (non-hydrogen) atoms. The molecule has 1 aliphatic rings. The smallest absolute Gasteiger partial charge is 0.261 e. The number of ketones is 1. The second-order valence-electron chi connectivity index (χ2n) is 6.93. The Morgan fingerprint density at radius 1 is 1.26 bits per heavy atom. The maximum atomic E-state index is 13.9. The zero-order chi connectivity index (χ0) is 20.0. The Bertz CT molecular complexity index is 729. The number of unbranched alkanes of at least 4 members (excludes halogenated alkanes) is 4. The van der Waals surface area contributed by atoms with Crippen LogP contribution >= 0.6 is 0 Å². The highest BCUT2D eigenvalue weighted by atomic mass is 19.1. The Morgan fingerprint density at radius 3 is 2.59 bits per heavy atom. The Labute approximate surface area is 159 Å². The molecule has 0 saturated carbocycles. The summed E-state index contributed by atoms with van der Waals surface area (Å²) in [5.74, 6) is -1.39. The monoisotopic (exact) mass is 377 g/mol. The zero-order valence-corrected chi connectivity index (χ0v) is 16.3. The fraction of sp³-hybridized carbons (Fsp3) is 0.524. The summed E-state index contributed by atoms with van der Waals surface area (Å²) in [5, 5.41) is 10.3. The van der Waals surface area contributed by atoms with Crippen molar-refractivity contribution in [1.29, 1.82) is 0 Å². The molecule has 1 N–H and O–H groups in total. The van der Waals surface area contributed by atoms with Gasteiger partial charge in [0.1, 0.15) is 11.3 Å². The lowest BCUT2D eigenvalue weighted by Gasteiger charge is -2.22. The van der Waals surface area contributed by atoms with Crippen molar-refractivity contribution in [2.24, 2.45) is 0 Å². The second kappa shape index (κ2) is 9.53. The highest BCUT2D eigenvalue weighted by Crippen LogP contribution is 2.28. The highest BCUT2D eigenvalue weighted by Gasteiger charge is 2.39. The maximum absolute atomic E-state index is 13.9. The molecule has 0 bridgehead atoms. The Kier molecular flexibility index (Phi) is 7.39. The summed E-state index contributed by atoms with van der Waals surface area (Å²) in [4.78, 5) is 26.5. The Hall–Kier alpha value is -2.37. The van der Waals surface area contributed by atoms with E-state index in [2.05, 4.69) is 6.92 Å². The van der Waals surface area contributed by atoms with E-state index >= 15 is 0 Å². The van der Waals surface area contributed by atoms with Gasteiger partial charge in [-0.2, -0.15) is 0 Å². The third-order valence-electron chi connectivity index (χ3n) is 4.95. The number of aliphatic hydroxyl groups excluding tert-OH is 1. The molecule has 2 rings (SSSR count). The summed E-state index contributed by atoms with van der Waals surface area (Å²) in [6.07, 6.45) is 5.22. The van der Waals surface area contributed by atoms with Gasteiger partial charge in [-0.25, -0.2) is 4.39 Å². The molecule has 0 saturated heterocycles. The number of Topliss-reactive ketones (excluding diaryl/α,β-unsaturated/α-hetero) is 1. The standard InChI is InChI=1S/C21H28FNO4/c1-4-5-6-7-8-9-17(24)19-20(25)14(2)23(21(19)26)13-15-10-11-18(27-3)16(22)12-15/h10-12,14,25H,4-9,13H2,1-3H3. The van der Waals surface area contributed by atoms with E-state index in [1.807, 2.05) is 0 Å². The molecule has 0 aliphatic carbocycles. The first-order valence-corrected chi connectivity index (χ1v) is 9.50. The van der Waals surface area contributed by atoms with Crippen LogP contribution in [0.3, 0.4) is 0 Å². The molecule has 1 aliphatic heterocycles.